The van der Waals surface area contributed by atoms with Crippen LogP contribution in [-0.4, -0.2) is 16.2 Å². The first-order chi connectivity index (χ1) is 6.07. The van der Waals surface area contributed by atoms with Crippen LogP contribution in [0.3, 0.4) is 0 Å². The first-order valence-electron chi connectivity index (χ1n) is 3.44. The van der Waals surface area contributed by atoms with Crippen LogP contribution < -0.4 is 5.73 Å². The fourth-order valence-corrected chi connectivity index (χ4v) is 1.22. The van der Waals surface area contributed by atoms with Crippen molar-refractivity contribution in [3.05, 3.63) is 23.5 Å². The van der Waals surface area contributed by atoms with Crippen LogP contribution in [0.1, 0.15) is 10.4 Å². The van der Waals surface area contributed by atoms with Gasteiger partial charge in [0.1, 0.15) is 0 Å². The second-order valence-corrected chi connectivity index (χ2v) is 2.98. The number of phenolic OH excluding ortho intramolecular Hbond substituents is 1. The molecule has 13 heavy (non-hydrogen) atoms. The molecule has 0 bridgehead atoms. The summed E-state index contributed by atoms with van der Waals surface area (Å²) in [7, 11) is 0. The Balaban J connectivity index is 3.33. The second-order valence-electron chi connectivity index (χ2n) is 2.42. The number of carbonyl (C=O) groups excluding carboxylic acids is 1. The quantitative estimate of drug-likeness (QED) is 0.475. The van der Waals surface area contributed by atoms with Crippen molar-refractivity contribution >= 4 is 27.4 Å². The summed E-state index contributed by atoms with van der Waals surface area (Å²) in [5.41, 5.74) is 5.30. The van der Waals surface area contributed by atoms with E-state index < -0.39 is 17.3 Å². The molecule has 1 aromatic carbocycles. The van der Waals surface area contributed by atoms with Crippen molar-refractivity contribution in [2.24, 2.45) is 0 Å². The van der Waals surface area contributed by atoms with E-state index >= 15 is 0 Å². The monoisotopic (exact) mass is 247 g/mol. The molecule has 0 amide bonds. The minimum absolute atomic E-state index is 0.00574. The molecular weight excluding hydrogens is 241 g/mol. The van der Waals surface area contributed by atoms with E-state index in [2.05, 4.69) is 15.9 Å². The largest absolute Gasteiger partial charge is 0.504 e. The van der Waals surface area contributed by atoms with Crippen LogP contribution in [0.5, 0.6) is 5.75 Å². The fourth-order valence-electron chi connectivity index (χ4n) is 0.941. The number of halogens is 2. The third-order valence-electron chi connectivity index (χ3n) is 1.56. The van der Waals surface area contributed by atoms with Crippen molar-refractivity contribution in [3.63, 3.8) is 0 Å². The van der Waals surface area contributed by atoms with Gasteiger partial charge < -0.3 is 10.8 Å². The summed E-state index contributed by atoms with van der Waals surface area (Å²) < 4.78 is 12.8. The van der Waals surface area contributed by atoms with Crippen LogP contribution in [0.25, 0.3) is 0 Å². The van der Waals surface area contributed by atoms with Gasteiger partial charge in [0.2, 0.25) is 0 Å². The molecule has 0 saturated heterocycles. The Morgan fingerprint density at radius 2 is 2.23 bits per heavy atom. The Hall–Kier alpha value is -1.10. The molecule has 0 unspecified atom stereocenters. The Labute approximate surface area is 82.5 Å². The molecule has 1 rings (SSSR count). The number of alkyl halides is 1. The molecule has 5 heteroatoms. The van der Waals surface area contributed by atoms with Crippen LogP contribution in [0, 0.1) is 5.82 Å². The number of nitrogens with two attached hydrogens (primary N) is 1. The first-order valence-corrected chi connectivity index (χ1v) is 4.56. The molecule has 0 radical (unpaired) electrons. The number of Topliss-reactive ketones (excluding diaryl/α,β-unsaturated/α-hetero) is 1. The zero-order valence-electron chi connectivity index (χ0n) is 6.55. The van der Waals surface area contributed by atoms with Gasteiger partial charge in [-0.25, -0.2) is 4.39 Å². The molecule has 0 fully saturated rings. The Morgan fingerprint density at radius 1 is 1.62 bits per heavy atom. The van der Waals surface area contributed by atoms with Gasteiger partial charge in [0.25, 0.3) is 0 Å². The highest BCUT2D eigenvalue weighted by molar-refractivity contribution is 9.09. The average molecular weight is 248 g/mol. The van der Waals surface area contributed by atoms with Crippen LogP contribution in [0.4, 0.5) is 10.1 Å². The number of phenols is 1. The molecule has 0 heterocycles. The molecule has 0 aromatic heterocycles. The molecule has 3 nitrogen and oxygen atoms in total. The van der Waals surface area contributed by atoms with Crippen molar-refractivity contribution in [2.75, 3.05) is 11.1 Å². The van der Waals surface area contributed by atoms with E-state index in [1.54, 1.807) is 0 Å². The number of rotatable bonds is 2. The van der Waals surface area contributed by atoms with E-state index in [0.717, 1.165) is 6.07 Å². The van der Waals surface area contributed by atoms with E-state index in [0.29, 0.717) is 0 Å². The van der Waals surface area contributed by atoms with Crippen molar-refractivity contribution < 1.29 is 14.3 Å². The number of carbonyl (C=O) groups is 1. The minimum Gasteiger partial charge on any atom is -0.504 e. The van der Waals surface area contributed by atoms with Crippen molar-refractivity contribution in [1.82, 2.24) is 0 Å². The van der Waals surface area contributed by atoms with E-state index in [1.165, 1.54) is 6.07 Å². The Kier molecular flexibility index (Phi) is 2.87. The summed E-state index contributed by atoms with van der Waals surface area (Å²) in [5.74, 6) is -1.99. The number of nitrogen functional groups attached to an aromatic ring is 1. The highest BCUT2D eigenvalue weighted by atomic mass is 79.9. The lowest BCUT2D eigenvalue weighted by Gasteiger charge is -2.05. The van der Waals surface area contributed by atoms with Gasteiger partial charge in [-0.2, -0.15) is 0 Å². The second kappa shape index (κ2) is 3.74. The van der Waals surface area contributed by atoms with Gasteiger partial charge in [-0.3, -0.25) is 4.79 Å². The van der Waals surface area contributed by atoms with Crippen molar-refractivity contribution in [1.29, 1.82) is 0 Å². The molecule has 0 spiro atoms. The van der Waals surface area contributed by atoms with Crippen LogP contribution >= 0.6 is 15.9 Å². The maximum absolute atomic E-state index is 12.8. The van der Waals surface area contributed by atoms with Gasteiger partial charge in [-0.15, -0.1) is 0 Å². The molecule has 0 saturated carbocycles. The van der Waals surface area contributed by atoms with Gasteiger partial charge in [0.15, 0.2) is 17.3 Å². The lowest BCUT2D eigenvalue weighted by atomic mass is 10.1. The summed E-state index contributed by atoms with van der Waals surface area (Å²) in [6, 6.07) is 2.25. The smallest absolute Gasteiger partial charge is 0.179 e. The highest BCUT2D eigenvalue weighted by Gasteiger charge is 2.16. The summed E-state index contributed by atoms with van der Waals surface area (Å²) in [5, 5.41) is 9.18. The number of hydrogen-bond donors (Lipinski definition) is 2. The first kappa shape index (κ1) is 9.98. The maximum atomic E-state index is 12.8. The highest BCUT2D eigenvalue weighted by Crippen LogP contribution is 2.27. The maximum Gasteiger partial charge on any atom is 0.179 e. The molecule has 0 aliphatic rings. The van der Waals surface area contributed by atoms with Crippen molar-refractivity contribution in [3.8, 4) is 5.75 Å². The van der Waals surface area contributed by atoms with E-state index in [1.807, 2.05) is 0 Å². The molecule has 0 aliphatic heterocycles. The van der Waals surface area contributed by atoms with Crippen molar-refractivity contribution in [2.45, 2.75) is 0 Å². The fraction of sp³-hybridized carbons (Fsp3) is 0.125. The van der Waals surface area contributed by atoms with Gasteiger partial charge >= 0.3 is 0 Å². The molecule has 0 aliphatic carbocycles. The molecule has 3 N–H and O–H groups in total. The standard InChI is InChI=1S/C8H7BrFNO2/c9-3-6(12)7-5(11)2-1-4(10)8(7)13/h1-2,13H,3,11H2. The molecule has 0 atom stereocenters. The Morgan fingerprint density at radius 3 is 2.77 bits per heavy atom. The average Bonchev–Trinajstić information content (AvgIpc) is 2.12. The summed E-state index contributed by atoms with van der Waals surface area (Å²) >= 11 is 2.91. The third kappa shape index (κ3) is 1.80. The van der Waals surface area contributed by atoms with Gasteiger partial charge in [0.05, 0.1) is 10.9 Å². The lowest BCUT2D eigenvalue weighted by molar-refractivity contribution is 0.102. The number of hydrogen-bond acceptors (Lipinski definition) is 3. The zero-order valence-corrected chi connectivity index (χ0v) is 8.14. The third-order valence-corrected chi connectivity index (χ3v) is 2.07. The summed E-state index contributed by atoms with van der Waals surface area (Å²) in [6.07, 6.45) is 0. The SMILES string of the molecule is Nc1ccc(F)c(O)c1C(=O)CBr. The van der Waals surface area contributed by atoms with Gasteiger partial charge in [0, 0.05) is 5.69 Å². The number of benzene rings is 1. The summed E-state index contributed by atoms with van der Waals surface area (Å²) in [4.78, 5) is 11.2. The number of ketones is 1. The zero-order chi connectivity index (χ0) is 10.0. The van der Waals surface area contributed by atoms with E-state index in [4.69, 9.17) is 5.73 Å². The predicted molar refractivity (Wildman–Crippen MR) is 50.6 cm³/mol. The van der Waals surface area contributed by atoms with Gasteiger partial charge in [-0.1, -0.05) is 15.9 Å². The topological polar surface area (TPSA) is 63.3 Å². The molecule has 1 aromatic rings. The molecular formula is C8H7BrFNO2. The number of aromatic hydroxyl groups is 1. The molecule has 70 valence electrons. The summed E-state index contributed by atoms with van der Waals surface area (Å²) in [6.45, 7) is 0. The van der Waals surface area contributed by atoms with Crippen LogP contribution in [0.15, 0.2) is 12.1 Å². The van der Waals surface area contributed by atoms with Gasteiger partial charge in [-0.05, 0) is 12.1 Å². The van der Waals surface area contributed by atoms with Crippen LogP contribution in [0.2, 0.25) is 0 Å². The number of anilines is 1. The minimum atomic E-state index is -0.849. The van der Waals surface area contributed by atoms with E-state index in [9.17, 15) is 14.3 Å². The van der Waals surface area contributed by atoms with Crippen LogP contribution in [-0.2, 0) is 0 Å². The normalized spacial score (nSPS) is 10.0. The Bertz CT molecular complexity index is 354. The predicted octanol–water partition coefficient (Wildman–Crippen LogP) is 1.69. The van der Waals surface area contributed by atoms with E-state index in [-0.39, 0.29) is 16.6 Å². The lowest BCUT2D eigenvalue weighted by Crippen LogP contribution is -2.06.